The van der Waals surface area contributed by atoms with E-state index < -0.39 is 0 Å². The normalized spacial score (nSPS) is 10.5. The molecule has 0 atom stereocenters. The van der Waals surface area contributed by atoms with Gasteiger partial charge in [-0.25, -0.2) is 0 Å². The average Bonchev–Trinajstić information content (AvgIpc) is 2.09. The van der Waals surface area contributed by atoms with Crippen molar-refractivity contribution in [3.8, 4) is 0 Å². The van der Waals surface area contributed by atoms with Crippen LogP contribution in [0, 0.1) is 0 Å². The fraction of sp³-hybridized carbons (Fsp3) is 1.00. The molecule has 0 aromatic carbocycles. The second-order valence-electron chi connectivity index (χ2n) is 3.14. The van der Waals surface area contributed by atoms with E-state index in [1.807, 2.05) is 13.8 Å². The van der Waals surface area contributed by atoms with Crippen LogP contribution in [0.15, 0.2) is 0 Å². The van der Waals surface area contributed by atoms with Gasteiger partial charge in [0.25, 0.3) is 0 Å². The number of nitrogens with one attached hydrogen (secondary N) is 1. The van der Waals surface area contributed by atoms with Crippen LogP contribution in [0.1, 0.15) is 41.0 Å². The zero-order valence-electron chi connectivity index (χ0n) is 9.53. The van der Waals surface area contributed by atoms with Crippen molar-refractivity contribution in [1.29, 1.82) is 0 Å². The lowest BCUT2D eigenvalue weighted by Crippen LogP contribution is -2.36. The van der Waals surface area contributed by atoms with E-state index in [1.165, 1.54) is 6.42 Å². The van der Waals surface area contributed by atoms with Crippen LogP contribution in [0.2, 0.25) is 0 Å². The standard InChI is InChI=1S/C8H19NO.C2H6/c1-5-6-9-7-8(2,3)10-4;1-2/h9H,5-7H2,1-4H3;1-2H3. The largest absolute Gasteiger partial charge is 0.377 e. The van der Waals surface area contributed by atoms with E-state index in [0.29, 0.717) is 0 Å². The highest BCUT2D eigenvalue weighted by atomic mass is 16.5. The first-order valence-electron chi connectivity index (χ1n) is 4.88. The topological polar surface area (TPSA) is 21.3 Å². The Hall–Kier alpha value is -0.0800. The van der Waals surface area contributed by atoms with E-state index in [-0.39, 0.29) is 5.60 Å². The van der Waals surface area contributed by atoms with Crippen molar-refractivity contribution >= 4 is 0 Å². The number of hydrogen-bond acceptors (Lipinski definition) is 2. The third-order valence-corrected chi connectivity index (χ3v) is 1.53. The van der Waals surface area contributed by atoms with E-state index in [1.54, 1.807) is 7.11 Å². The van der Waals surface area contributed by atoms with Gasteiger partial charge in [0, 0.05) is 13.7 Å². The predicted molar refractivity (Wildman–Crippen MR) is 55.6 cm³/mol. The van der Waals surface area contributed by atoms with Gasteiger partial charge in [-0.2, -0.15) is 0 Å². The predicted octanol–water partition coefficient (Wildman–Crippen LogP) is 2.44. The van der Waals surface area contributed by atoms with Gasteiger partial charge in [0.05, 0.1) is 5.60 Å². The molecular weight excluding hydrogens is 150 g/mol. The number of ether oxygens (including phenoxy) is 1. The minimum absolute atomic E-state index is 0.0187. The van der Waals surface area contributed by atoms with Crippen LogP contribution >= 0.6 is 0 Å². The van der Waals surface area contributed by atoms with Crippen LogP contribution in [0.5, 0.6) is 0 Å². The van der Waals surface area contributed by atoms with Crippen LogP contribution in [0.3, 0.4) is 0 Å². The summed E-state index contributed by atoms with van der Waals surface area (Å²) in [5, 5.41) is 3.30. The molecule has 12 heavy (non-hydrogen) atoms. The maximum Gasteiger partial charge on any atom is 0.0746 e. The van der Waals surface area contributed by atoms with E-state index in [0.717, 1.165) is 13.1 Å². The molecule has 0 rings (SSSR count). The van der Waals surface area contributed by atoms with Gasteiger partial charge in [0.2, 0.25) is 0 Å². The smallest absolute Gasteiger partial charge is 0.0746 e. The molecule has 76 valence electrons. The molecular formula is C10H25NO. The first-order valence-corrected chi connectivity index (χ1v) is 4.88. The highest BCUT2D eigenvalue weighted by Gasteiger charge is 2.14. The summed E-state index contributed by atoms with van der Waals surface area (Å²) in [4.78, 5) is 0. The van der Waals surface area contributed by atoms with Crippen molar-refractivity contribution in [1.82, 2.24) is 5.32 Å². The molecule has 0 spiro atoms. The van der Waals surface area contributed by atoms with Crippen molar-refractivity contribution in [3.05, 3.63) is 0 Å². The number of methoxy groups -OCH3 is 1. The number of rotatable bonds is 5. The van der Waals surface area contributed by atoms with Crippen LogP contribution < -0.4 is 5.32 Å². The van der Waals surface area contributed by atoms with Gasteiger partial charge in [-0.15, -0.1) is 0 Å². The second-order valence-corrected chi connectivity index (χ2v) is 3.14. The lowest BCUT2D eigenvalue weighted by Gasteiger charge is -2.22. The van der Waals surface area contributed by atoms with Gasteiger partial charge in [-0.1, -0.05) is 20.8 Å². The summed E-state index contributed by atoms with van der Waals surface area (Å²) < 4.78 is 5.22. The maximum absolute atomic E-state index is 5.22. The zero-order valence-corrected chi connectivity index (χ0v) is 9.53. The molecule has 0 saturated heterocycles. The number of hydrogen-bond donors (Lipinski definition) is 1. The summed E-state index contributed by atoms with van der Waals surface area (Å²) >= 11 is 0. The Kier molecular flexibility index (Phi) is 10.8. The molecule has 0 aliphatic heterocycles. The molecule has 0 amide bonds. The third-order valence-electron chi connectivity index (χ3n) is 1.53. The summed E-state index contributed by atoms with van der Waals surface area (Å²) in [5.74, 6) is 0. The lowest BCUT2D eigenvalue weighted by atomic mass is 10.1. The van der Waals surface area contributed by atoms with Crippen LogP contribution in [-0.4, -0.2) is 25.8 Å². The van der Waals surface area contributed by atoms with E-state index in [9.17, 15) is 0 Å². The monoisotopic (exact) mass is 175 g/mol. The second kappa shape index (κ2) is 9.01. The first kappa shape index (κ1) is 14.4. The summed E-state index contributed by atoms with van der Waals surface area (Å²) in [6, 6.07) is 0. The van der Waals surface area contributed by atoms with Crippen LogP contribution in [0.25, 0.3) is 0 Å². The van der Waals surface area contributed by atoms with Gasteiger partial charge in [0.15, 0.2) is 0 Å². The molecule has 0 fully saturated rings. The lowest BCUT2D eigenvalue weighted by molar-refractivity contribution is 0.0235. The molecule has 2 nitrogen and oxygen atoms in total. The van der Waals surface area contributed by atoms with Gasteiger partial charge < -0.3 is 10.1 Å². The molecule has 0 bridgehead atoms. The van der Waals surface area contributed by atoms with E-state index in [2.05, 4.69) is 26.1 Å². The fourth-order valence-electron chi connectivity index (χ4n) is 0.638. The highest BCUT2D eigenvalue weighted by Crippen LogP contribution is 2.03. The van der Waals surface area contributed by atoms with Crippen molar-refractivity contribution in [2.75, 3.05) is 20.2 Å². The molecule has 0 aromatic rings. The summed E-state index contributed by atoms with van der Waals surface area (Å²) in [5.41, 5.74) is -0.0187. The quantitative estimate of drug-likeness (QED) is 0.648. The van der Waals surface area contributed by atoms with Crippen molar-refractivity contribution in [2.45, 2.75) is 46.6 Å². The molecule has 0 heterocycles. The van der Waals surface area contributed by atoms with Crippen molar-refractivity contribution < 1.29 is 4.74 Å². The van der Waals surface area contributed by atoms with E-state index in [4.69, 9.17) is 4.74 Å². The van der Waals surface area contributed by atoms with Crippen molar-refractivity contribution in [3.63, 3.8) is 0 Å². The Morgan fingerprint density at radius 1 is 1.25 bits per heavy atom. The third kappa shape index (κ3) is 9.92. The van der Waals surface area contributed by atoms with Gasteiger partial charge in [-0.05, 0) is 26.8 Å². The molecule has 0 aliphatic carbocycles. The molecule has 1 N–H and O–H groups in total. The SMILES string of the molecule is CC.CCCNCC(C)(C)OC. The molecule has 2 heteroatoms. The summed E-state index contributed by atoms with van der Waals surface area (Å²) in [6.07, 6.45) is 1.18. The Bertz CT molecular complexity index is 81.9. The Morgan fingerprint density at radius 3 is 2.08 bits per heavy atom. The molecule has 0 aliphatic rings. The Balaban J connectivity index is 0. The molecule has 0 unspecified atom stereocenters. The molecule has 0 aromatic heterocycles. The van der Waals surface area contributed by atoms with E-state index >= 15 is 0 Å². The Morgan fingerprint density at radius 2 is 1.75 bits per heavy atom. The zero-order chi connectivity index (χ0) is 10.0. The van der Waals surface area contributed by atoms with Gasteiger partial charge >= 0.3 is 0 Å². The average molecular weight is 175 g/mol. The minimum Gasteiger partial charge on any atom is -0.377 e. The summed E-state index contributed by atoms with van der Waals surface area (Å²) in [6.45, 7) is 12.3. The summed E-state index contributed by atoms with van der Waals surface area (Å²) in [7, 11) is 1.74. The Labute approximate surface area is 77.7 Å². The molecule has 0 radical (unpaired) electrons. The van der Waals surface area contributed by atoms with Gasteiger partial charge in [0.1, 0.15) is 0 Å². The maximum atomic E-state index is 5.22. The van der Waals surface area contributed by atoms with Gasteiger partial charge in [-0.3, -0.25) is 0 Å². The first-order chi connectivity index (χ1) is 5.62. The van der Waals surface area contributed by atoms with Crippen LogP contribution in [-0.2, 0) is 4.74 Å². The highest BCUT2D eigenvalue weighted by molar-refractivity contribution is 4.70. The van der Waals surface area contributed by atoms with Crippen LogP contribution in [0.4, 0.5) is 0 Å². The van der Waals surface area contributed by atoms with Crippen molar-refractivity contribution in [2.24, 2.45) is 0 Å². The fourth-order valence-corrected chi connectivity index (χ4v) is 0.638. The minimum atomic E-state index is -0.0187. The molecule has 0 saturated carbocycles.